The summed E-state index contributed by atoms with van der Waals surface area (Å²) in [5.74, 6) is 1.14. The van der Waals surface area contributed by atoms with E-state index in [1.807, 2.05) is 0 Å². The van der Waals surface area contributed by atoms with Crippen LogP contribution in [0.1, 0.15) is 5.56 Å². The van der Waals surface area contributed by atoms with Gasteiger partial charge in [0.25, 0.3) is 4.74 Å². The Morgan fingerprint density at radius 1 is 0.966 bits per heavy atom. The number of ether oxygens (including phenoxy) is 2. The van der Waals surface area contributed by atoms with E-state index in [1.54, 1.807) is 36.4 Å². The molecule has 0 spiro atoms. The van der Waals surface area contributed by atoms with Crippen LogP contribution in [-0.4, -0.2) is 33.0 Å². The van der Waals surface area contributed by atoms with Crippen LogP contribution in [-0.2, 0) is 21.1 Å². The number of fused-ring (bicyclic) bond motifs is 2. The summed E-state index contributed by atoms with van der Waals surface area (Å²) in [6.45, 7) is 0. The van der Waals surface area contributed by atoms with Gasteiger partial charge in [0.05, 0.1) is 14.2 Å². The molecule has 1 unspecified atom stereocenters. The first-order chi connectivity index (χ1) is 13.8. The second-order valence-electron chi connectivity index (χ2n) is 6.43. The van der Waals surface area contributed by atoms with Crippen molar-refractivity contribution in [2.75, 3.05) is 14.2 Å². The Morgan fingerprint density at radius 3 is 2.38 bits per heavy atom. The molecule has 2 aromatic carbocycles. The summed E-state index contributed by atoms with van der Waals surface area (Å²) in [4.78, 5) is 25.6. The van der Waals surface area contributed by atoms with Crippen LogP contribution < -0.4 is 14.2 Å². The fraction of sp³-hybridized carbons (Fsp3) is 0.200. The molecule has 9 heteroatoms. The van der Waals surface area contributed by atoms with E-state index in [0.717, 1.165) is 23.1 Å². The quantitative estimate of drug-likeness (QED) is 0.605. The van der Waals surface area contributed by atoms with E-state index in [9.17, 15) is 18.0 Å². The predicted molar refractivity (Wildman–Crippen MR) is 113 cm³/mol. The van der Waals surface area contributed by atoms with Gasteiger partial charge in [0.2, 0.25) is 5.12 Å². The van der Waals surface area contributed by atoms with Crippen molar-refractivity contribution in [3.05, 3.63) is 57.6 Å². The van der Waals surface area contributed by atoms with Crippen LogP contribution in [0.3, 0.4) is 0 Å². The van der Waals surface area contributed by atoms with Gasteiger partial charge >= 0.3 is 0 Å². The van der Waals surface area contributed by atoms with Crippen LogP contribution in [0, 0.1) is 0 Å². The Hall–Kier alpha value is -2.36. The van der Waals surface area contributed by atoms with Gasteiger partial charge in [-0.1, -0.05) is 23.1 Å². The van der Waals surface area contributed by atoms with Crippen LogP contribution >= 0.6 is 23.1 Å². The molecule has 0 bridgehead atoms. The first kappa shape index (κ1) is 19.9. The molecule has 0 saturated carbocycles. The van der Waals surface area contributed by atoms with Gasteiger partial charge in [-0.15, -0.1) is 0 Å². The van der Waals surface area contributed by atoms with E-state index in [1.165, 1.54) is 20.3 Å². The highest BCUT2D eigenvalue weighted by Gasteiger charge is 2.40. The summed E-state index contributed by atoms with van der Waals surface area (Å²) in [6, 6.07) is 11.6. The summed E-state index contributed by atoms with van der Waals surface area (Å²) in [5, 5.41) is -1.24. The molecule has 1 aliphatic rings. The third-order valence-electron chi connectivity index (χ3n) is 4.73. The second-order valence-corrected chi connectivity index (χ2v) is 10.6. The van der Waals surface area contributed by atoms with E-state index in [2.05, 4.69) is 0 Å². The lowest BCUT2D eigenvalue weighted by molar-refractivity contribution is -0.110. The lowest BCUT2D eigenvalue weighted by Crippen LogP contribution is -2.35. The summed E-state index contributed by atoms with van der Waals surface area (Å²) >= 11 is 1.73. The average Bonchev–Trinajstić information content (AvgIpc) is 2.71. The summed E-state index contributed by atoms with van der Waals surface area (Å²) in [5.41, 5.74) is 0.709. The largest absolute Gasteiger partial charge is 0.497 e. The molecule has 1 aliphatic heterocycles. The van der Waals surface area contributed by atoms with E-state index in [4.69, 9.17) is 9.47 Å². The van der Waals surface area contributed by atoms with Gasteiger partial charge in [0, 0.05) is 9.60 Å². The van der Waals surface area contributed by atoms with Crippen LogP contribution in [0.4, 0.5) is 0 Å². The smallest absolute Gasteiger partial charge is 0.251 e. The minimum Gasteiger partial charge on any atom is -0.497 e. The van der Waals surface area contributed by atoms with Gasteiger partial charge in [-0.3, -0.25) is 9.59 Å². The van der Waals surface area contributed by atoms with E-state index < -0.39 is 24.9 Å². The van der Waals surface area contributed by atoms with Crippen LogP contribution in [0.25, 0.3) is 10.1 Å². The lowest BCUT2D eigenvalue weighted by atomic mass is 10.1. The first-order valence-corrected chi connectivity index (χ1v) is 11.8. The Morgan fingerprint density at radius 2 is 1.66 bits per heavy atom. The SMILES string of the molecule is COc1ccc2c(c1)CC(S(=O)(=O)c1cc3cc(OC)ccc3sc1=O)C(=O)S2. The molecule has 0 fully saturated rings. The first-order valence-electron chi connectivity index (χ1n) is 8.58. The summed E-state index contributed by atoms with van der Waals surface area (Å²) in [6.07, 6.45) is 0.000947. The summed E-state index contributed by atoms with van der Waals surface area (Å²) in [7, 11) is -1.14. The van der Waals surface area contributed by atoms with Crippen molar-refractivity contribution in [1.29, 1.82) is 0 Å². The highest BCUT2D eigenvalue weighted by molar-refractivity contribution is 8.15. The van der Waals surface area contributed by atoms with E-state index >= 15 is 0 Å². The zero-order valence-electron chi connectivity index (χ0n) is 15.5. The van der Waals surface area contributed by atoms with Crippen molar-refractivity contribution in [2.24, 2.45) is 0 Å². The number of sulfone groups is 1. The van der Waals surface area contributed by atoms with Crippen LogP contribution in [0.2, 0.25) is 0 Å². The zero-order valence-corrected chi connectivity index (χ0v) is 17.9. The molecule has 4 rings (SSSR count). The van der Waals surface area contributed by atoms with Crippen LogP contribution in [0.5, 0.6) is 11.5 Å². The van der Waals surface area contributed by atoms with Gasteiger partial charge in [0.1, 0.15) is 21.6 Å². The third kappa shape index (κ3) is 3.54. The van der Waals surface area contributed by atoms with Crippen molar-refractivity contribution in [1.82, 2.24) is 0 Å². The molecule has 1 atom stereocenters. The molecule has 0 saturated heterocycles. The van der Waals surface area contributed by atoms with Gasteiger partial charge < -0.3 is 9.47 Å². The molecule has 2 heterocycles. The number of thioether (sulfide) groups is 1. The minimum absolute atomic E-state index is 0.000947. The Balaban J connectivity index is 1.81. The van der Waals surface area contributed by atoms with Crippen molar-refractivity contribution < 1.29 is 22.7 Å². The van der Waals surface area contributed by atoms with Crippen molar-refractivity contribution >= 4 is 48.1 Å². The normalized spacial score (nSPS) is 16.5. The zero-order chi connectivity index (χ0) is 20.8. The number of hydrogen-bond donors (Lipinski definition) is 0. The maximum absolute atomic E-state index is 13.3. The van der Waals surface area contributed by atoms with Crippen LogP contribution in [0.15, 0.2) is 57.1 Å². The standard InChI is InChI=1S/C20H16O6S3/c1-25-13-3-5-15-11(7-13)9-17(19(21)27-15)29(23,24)18-10-12-8-14(26-2)4-6-16(12)28-20(18)22/h3-9,18H,10H2,1-2H3. The Kier molecular flexibility index (Phi) is 5.14. The Bertz CT molecular complexity index is 1290. The molecule has 0 aliphatic carbocycles. The molecule has 1 aromatic heterocycles. The fourth-order valence-electron chi connectivity index (χ4n) is 3.20. The van der Waals surface area contributed by atoms with E-state index in [-0.39, 0.29) is 11.3 Å². The number of carbonyl (C=O) groups is 1. The molecule has 0 radical (unpaired) electrons. The molecule has 0 amide bonds. The fourth-order valence-corrected chi connectivity index (χ4v) is 7.25. The Labute approximate surface area is 175 Å². The lowest BCUT2D eigenvalue weighted by Gasteiger charge is -2.23. The minimum atomic E-state index is -4.17. The molecule has 29 heavy (non-hydrogen) atoms. The third-order valence-corrected chi connectivity index (χ3v) is 9.16. The number of benzene rings is 2. The van der Waals surface area contributed by atoms with Gasteiger partial charge in [-0.2, -0.15) is 0 Å². The van der Waals surface area contributed by atoms with E-state index in [0.29, 0.717) is 32.0 Å². The molecule has 6 nitrogen and oxygen atoms in total. The van der Waals surface area contributed by atoms with Crippen molar-refractivity contribution in [3.63, 3.8) is 0 Å². The monoisotopic (exact) mass is 448 g/mol. The number of hydrogen-bond acceptors (Lipinski definition) is 8. The predicted octanol–water partition coefficient (Wildman–Crippen LogP) is 3.30. The van der Waals surface area contributed by atoms with Crippen molar-refractivity contribution in [2.45, 2.75) is 21.5 Å². The summed E-state index contributed by atoms with van der Waals surface area (Å²) < 4.78 is 37.0. The topological polar surface area (TPSA) is 86.7 Å². The molecule has 0 N–H and O–H groups in total. The molecular weight excluding hydrogens is 432 g/mol. The highest BCUT2D eigenvalue weighted by atomic mass is 32.2. The van der Waals surface area contributed by atoms with Gasteiger partial charge in [0.15, 0.2) is 9.84 Å². The second kappa shape index (κ2) is 7.47. The van der Waals surface area contributed by atoms with Crippen molar-refractivity contribution in [3.8, 4) is 11.5 Å². The van der Waals surface area contributed by atoms with Gasteiger partial charge in [-0.25, -0.2) is 8.42 Å². The number of rotatable bonds is 4. The number of carbonyl (C=O) groups excluding carboxylic acids is 1. The average molecular weight is 449 g/mol. The molecule has 3 aromatic rings. The number of methoxy groups -OCH3 is 2. The molecular formula is C20H16O6S3. The maximum Gasteiger partial charge on any atom is 0.251 e. The molecule has 150 valence electrons. The maximum atomic E-state index is 13.3. The van der Waals surface area contributed by atoms with Gasteiger partial charge in [-0.05, 0) is 59.8 Å². The highest BCUT2D eigenvalue weighted by Crippen LogP contribution is 2.37.